The first-order valence-corrected chi connectivity index (χ1v) is 6.29. The molecule has 0 aliphatic rings. The lowest BCUT2D eigenvalue weighted by atomic mass is 9.97. The molecule has 21 heavy (non-hydrogen) atoms. The topological polar surface area (TPSA) is 68.3 Å². The van der Waals surface area contributed by atoms with Crippen LogP contribution in [-0.4, -0.2) is 14.2 Å². The van der Waals surface area contributed by atoms with Crippen molar-refractivity contribution in [2.75, 3.05) is 14.2 Å². The zero-order valence-corrected chi connectivity index (χ0v) is 11.8. The molecule has 0 heterocycles. The molecule has 0 amide bonds. The fourth-order valence-corrected chi connectivity index (χ4v) is 2.17. The molecule has 0 fully saturated rings. The van der Waals surface area contributed by atoms with Crippen LogP contribution >= 0.6 is 0 Å². The molecule has 5 heteroatoms. The number of nitrogens with two attached hydrogens (primary N) is 1. The lowest BCUT2D eigenvalue weighted by Crippen LogP contribution is -2.02. The molecule has 0 atom stereocenters. The van der Waals surface area contributed by atoms with E-state index in [1.807, 2.05) is 6.07 Å². The first-order valence-electron chi connectivity index (χ1n) is 6.29. The predicted molar refractivity (Wildman–Crippen MR) is 77.5 cm³/mol. The van der Waals surface area contributed by atoms with E-state index in [1.54, 1.807) is 18.2 Å². The molecule has 0 radical (unpaired) electrons. The third-order valence-electron chi connectivity index (χ3n) is 3.17. The number of hydrogen-bond acceptors (Lipinski definition) is 4. The fraction of sp³-hybridized carbons (Fsp3) is 0.188. The molecule has 0 aromatic heterocycles. The van der Waals surface area contributed by atoms with Crippen molar-refractivity contribution >= 4 is 0 Å². The summed E-state index contributed by atoms with van der Waals surface area (Å²) in [5.74, 6) is 0.605. The molecule has 2 rings (SSSR count). The van der Waals surface area contributed by atoms with E-state index in [2.05, 4.69) is 0 Å². The van der Waals surface area contributed by atoms with Gasteiger partial charge in [-0.2, -0.15) is 5.26 Å². The van der Waals surface area contributed by atoms with Gasteiger partial charge in [0.25, 0.3) is 0 Å². The molecule has 0 bridgehead atoms. The molecule has 0 unspecified atom stereocenters. The van der Waals surface area contributed by atoms with E-state index in [1.165, 1.54) is 26.4 Å². The van der Waals surface area contributed by atoms with E-state index >= 15 is 0 Å². The van der Waals surface area contributed by atoms with Crippen LogP contribution in [0.2, 0.25) is 0 Å². The number of ether oxygens (including phenoxy) is 2. The summed E-state index contributed by atoms with van der Waals surface area (Å²) in [7, 11) is 3.06. The van der Waals surface area contributed by atoms with Crippen molar-refractivity contribution in [1.29, 1.82) is 5.26 Å². The van der Waals surface area contributed by atoms with Gasteiger partial charge in [0.05, 0.1) is 25.9 Å². The third kappa shape index (κ3) is 2.96. The standard InChI is InChI=1S/C16H15FN2O2/c1-20-15-6-12(9-19)14(7-16(15)21-2)11-3-10(8-18)4-13(17)5-11/h3-7H,9,19H2,1-2H3. The zero-order chi connectivity index (χ0) is 15.4. The number of halogens is 1. The highest BCUT2D eigenvalue weighted by Crippen LogP contribution is 2.36. The van der Waals surface area contributed by atoms with Gasteiger partial charge < -0.3 is 15.2 Å². The smallest absolute Gasteiger partial charge is 0.161 e. The summed E-state index contributed by atoms with van der Waals surface area (Å²) in [6.45, 7) is 0.258. The normalized spacial score (nSPS) is 10.0. The van der Waals surface area contributed by atoms with Crippen molar-refractivity contribution in [3.63, 3.8) is 0 Å². The van der Waals surface area contributed by atoms with Gasteiger partial charge in [0.1, 0.15) is 5.82 Å². The molecule has 2 aromatic rings. The Balaban J connectivity index is 2.68. The van der Waals surface area contributed by atoms with Crippen LogP contribution in [-0.2, 0) is 6.54 Å². The number of methoxy groups -OCH3 is 2. The summed E-state index contributed by atoms with van der Waals surface area (Å²) in [5.41, 5.74) is 8.08. The van der Waals surface area contributed by atoms with Gasteiger partial charge in [0.15, 0.2) is 11.5 Å². The molecule has 2 aromatic carbocycles. The van der Waals surface area contributed by atoms with Crippen LogP contribution < -0.4 is 15.2 Å². The molecule has 0 aliphatic carbocycles. The van der Waals surface area contributed by atoms with Gasteiger partial charge in [-0.1, -0.05) is 0 Å². The predicted octanol–water partition coefficient (Wildman–Crippen LogP) is 2.84. The Labute approximate surface area is 122 Å². The summed E-state index contributed by atoms with van der Waals surface area (Å²) < 4.78 is 24.1. The van der Waals surface area contributed by atoms with Crippen molar-refractivity contribution in [3.05, 3.63) is 47.3 Å². The van der Waals surface area contributed by atoms with Gasteiger partial charge in [-0.15, -0.1) is 0 Å². The Morgan fingerprint density at radius 1 is 1.10 bits per heavy atom. The number of nitriles is 1. The van der Waals surface area contributed by atoms with Crippen LogP contribution in [0.4, 0.5) is 4.39 Å². The summed E-state index contributed by atoms with van der Waals surface area (Å²) in [5, 5.41) is 8.96. The molecule has 108 valence electrons. The maximum Gasteiger partial charge on any atom is 0.161 e. The summed E-state index contributed by atoms with van der Waals surface area (Å²) in [6, 6.07) is 9.59. The van der Waals surface area contributed by atoms with Crippen molar-refractivity contribution in [2.45, 2.75) is 6.54 Å². The van der Waals surface area contributed by atoms with Crippen LogP contribution in [0.1, 0.15) is 11.1 Å². The van der Waals surface area contributed by atoms with Gasteiger partial charge >= 0.3 is 0 Å². The van der Waals surface area contributed by atoms with Crippen molar-refractivity contribution in [3.8, 4) is 28.7 Å². The average molecular weight is 286 g/mol. The van der Waals surface area contributed by atoms with Gasteiger partial charge in [0.2, 0.25) is 0 Å². The summed E-state index contributed by atoms with van der Waals surface area (Å²) in [6.07, 6.45) is 0. The summed E-state index contributed by atoms with van der Waals surface area (Å²) >= 11 is 0. The maximum absolute atomic E-state index is 13.6. The Morgan fingerprint density at radius 2 is 1.76 bits per heavy atom. The lowest BCUT2D eigenvalue weighted by molar-refractivity contribution is 0.354. The highest BCUT2D eigenvalue weighted by molar-refractivity contribution is 5.72. The fourth-order valence-electron chi connectivity index (χ4n) is 2.17. The quantitative estimate of drug-likeness (QED) is 0.938. The molecular weight excluding hydrogens is 271 g/mol. The van der Waals surface area contributed by atoms with E-state index in [9.17, 15) is 4.39 Å². The molecule has 0 saturated heterocycles. The van der Waals surface area contributed by atoms with E-state index < -0.39 is 5.82 Å². The van der Waals surface area contributed by atoms with Crippen molar-refractivity contribution in [2.24, 2.45) is 5.73 Å². The lowest BCUT2D eigenvalue weighted by Gasteiger charge is -2.14. The number of nitrogens with zero attached hydrogens (tertiary/aromatic N) is 1. The minimum absolute atomic E-state index is 0.253. The molecular formula is C16H15FN2O2. The number of hydrogen-bond donors (Lipinski definition) is 1. The maximum atomic E-state index is 13.6. The van der Waals surface area contributed by atoms with Crippen LogP contribution in [0.25, 0.3) is 11.1 Å². The van der Waals surface area contributed by atoms with Crippen LogP contribution in [0, 0.1) is 17.1 Å². The van der Waals surface area contributed by atoms with E-state index in [0.29, 0.717) is 22.6 Å². The Hall–Kier alpha value is -2.58. The largest absolute Gasteiger partial charge is 0.493 e. The Morgan fingerprint density at radius 3 is 2.33 bits per heavy atom. The highest BCUT2D eigenvalue weighted by atomic mass is 19.1. The summed E-state index contributed by atoms with van der Waals surface area (Å²) in [4.78, 5) is 0. The number of benzene rings is 2. The highest BCUT2D eigenvalue weighted by Gasteiger charge is 2.13. The van der Waals surface area contributed by atoms with Crippen LogP contribution in [0.15, 0.2) is 30.3 Å². The molecule has 0 aliphatic heterocycles. The second-order valence-corrected chi connectivity index (χ2v) is 4.41. The first kappa shape index (κ1) is 14.8. The zero-order valence-electron chi connectivity index (χ0n) is 11.8. The van der Waals surface area contributed by atoms with Gasteiger partial charge in [0, 0.05) is 6.54 Å². The van der Waals surface area contributed by atoms with E-state index in [-0.39, 0.29) is 12.1 Å². The van der Waals surface area contributed by atoms with E-state index in [4.69, 9.17) is 20.5 Å². The van der Waals surface area contributed by atoms with Crippen molar-refractivity contribution in [1.82, 2.24) is 0 Å². The second-order valence-electron chi connectivity index (χ2n) is 4.41. The Bertz CT molecular complexity index is 708. The Kier molecular flexibility index (Phi) is 4.41. The monoisotopic (exact) mass is 286 g/mol. The SMILES string of the molecule is COc1cc(CN)c(-c2cc(F)cc(C#N)c2)cc1OC. The second kappa shape index (κ2) is 6.25. The van der Waals surface area contributed by atoms with Gasteiger partial charge in [-0.05, 0) is 47.0 Å². The van der Waals surface area contributed by atoms with Crippen LogP contribution in [0.5, 0.6) is 11.5 Å². The third-order valence-corrected chi connectivity index (χ3v) is 3.17. The minimum Gasteiger partial charge on any atom is -0.493 e. The van der Waals surface area contributed by atoms with Gasteiger partial charge in [-0.3, -0.25) is 0 Å². The average Bonchev–Trinajstić information content (AvgIpc) is 2.52. The van der Waals surface area contributed by atoms with Crippen LogP contribution in [0.3, 0.4) is 0 Å². The molecule has 0 spiro atoms. The van der Waals surface area contributed by atoms with Gasteiger partial charge in [-0.25, -0.2) is 4.39 Å². The molecule has 0 saturated carbocycles. The van der Waals surface area contributed by atoms with E-state index in [0.717, 1.165) is 5.56 Å². The first-order chi connectivity index (χ1) is 10.1. The molecule has 2 N–H and O–H groups in total. The number of rotatable bonds is 4. The minimum atomic E-state index is -0.471. The molecule has 4 nitrogen and oxygen atoms in total. The van der Waals surface area contributed by atoms with Crippen molar-refractivity contribution < 1.29 is 13.9 Å².